The van der Waals surface area contributed by atoms with Gasteiger partial charge >= 0.3 is 0 Å². The predicted octanol–water partition coefficient (Wildman–Crippen LogP) is 5.85. The second-order valence-corrected chi connectivity index (χ2v) is 18.5. The highest BCUT2D eigenvalue weighted by Crippen LogP contribution is 2.40. The first kappa shape index (κ1) is 23.3. The second kappa shape index (κ2) is 13.0. The molecular formula is C18H30S9. The molecule has 4 heterocycles. The SMILES string of the molecule is C(CSC(CSCC1CS1)C(CSCC1CS1)SCC1CS1)SCC1CS1. The van der Waals surface area contributed by atoms with Crippen LogP contribution in [0, 0.1) is 0 Å². The predicted molar refractivity (Wildman–Crippen MR) is 149 cm³/mol. The van der Waals surface area contributed by atoms with Gasteiger partial charge in [0.2, 0.25) is 0 Å². The molecule has 6 unspecified atom stereocenters. The van der Waals surface area contributed by atoms with E-state index >= 15 is 0 Å². The minimum Gasteiger partial charge on any atom is -0.160 e. The van der Waals surface area contributed by atoms with Crippen LogP contribution >= 0.6 is 106 Å². The molecule has 4 aliphatic heterocycles. The van der Waals surface area contributed by atoms with Gasteiger partial charge < -0.3 is 0 Å². The summed E-state index contributed by atoms with van der Waals surface area (Å²) in [5.41, 5.74) is 0. The molecule has 0 amide bonds. The Hall–Kier alpha value is 3.15. The molecule has 0 bridgehead atoms. The van der Waals surface area contributed by atoms with E-state index in [2.05, 4.69) is 106 Å². The normalized spacial score (nSPS) is 32.9. The number of hydrogen-bond donors (Lipinski definition) is 0. The van der Waals surface area contributed by atoms with Crippen molar-refractivity contribution >= 4 is 106 Å². The Bertz CT molecular complexity index is 421. The third-order valence-electron chi connectivity index (χ3n) is 4.56. The van der Waals surface area contributed by atoms with Crippen molar-refractivity contribution in [3.8, 4) is 0 Å². The van der Waals surface area contributed by atoms with E-state index in [9.17, 15) is 0 Å². The van der Waals surface area contributed by atoms with Gasteiger partial charge in [0.05, 0.1) is 0 Å². The van der Waals surface area contributed by atoms with Crippen molar-refractivity contribution in [2.24, 2.45) is 0 Å². The van der Waals surface area contributed by atoms with Gasteiger partial charge in [0.1, 0.15) is 0 Å². The average Bonchev–Trinajstić information content (AvgIpc) is 3.50. The Morgan fingerprint density at radius 3 is 1.52 bits per heavy atom. The van der Waals surface area contributed by atoms with E-state index in [1.54, 1.807) is 0 Å². The van der Waals surface area contributed by atoms with Crippen molar-refractivity contribution < 1.29 is 0 Å². The lowest BCUT2D eigenvalue weighted by Gasteiger charge is -2.26. The molecule has 27 heavy (non-hydrogen) atoms. The maximum absolute atomic E-state index is 2.33. The summed E-state index contributed by atoms with van der Waals surface area (Å²) in [6.45, 7) is 0. The number of thioether (sulfide) groups is 9. The Morgan fingerprint density at radius 2 is 1.00 bits per heavy atom. The molecular weight excluding hydrogens is 505 g/mol. The molecule has 0 saturated carbocycles. The number of rotatable bonds is 18. The van der Waals surface area contributed by atoms with Crippen LogP contribution in [0.3, 0.4) is 0 Å². The first-order valence-corrected chi connectivity index (χ1v) is 19.6. The van der Waals surface area contributed by atoms with Crippen LogP contribution in [0.5, 0.6) is 0 Å². The highest BCUT2D eigenvalue weighted by molar-refractivity contribution is 8.11. The fourth-order valence-corrected chi connectivity index (χ4v) is 13.7. The van der Waals surface area contributed by atoms with Gasteiger partial charge in [0.25, 0.3) is 0 Å². The van der Waals surface area contributed by atoms with E-state index in [1.165, 1.54) is 69.0 Å². The zero-order valence-electron chi connectivity index (χ0n) is 15.6. The van der Waals surface area contributed by atoms with Crippen LogP contribution in [0.15, 0.2) is 0 Å². The molecule has 0 spiro atoms. The molecule has 6 atom stereocenters. The van der Waals surface area contributed by atoms with Gasteiger partial charge in [-0.25, -0.2) is 0 Å². The lowest BCUT2D eigenvalue weighted by molar-refractivity contribution is 0.944. The van der Waals surface area contributed by atoms with Gasteiger partial charge in [-0.1, -0.05) is 0 Å². The molecule has 0 aromatic rings. The van der Waals surface area contributed by atoms with Crippen LogP contribution in [-0.4, -0.2) is 101 Å². The minimum atomic E-state index is 0.864. The van der Waals surface area contributed by atoms with Crippen molar-refractivity contribution in [1.29, 1.82) is 0 Å². The lowest BCUT2D eigenvalue weighted by Crippen LogP contribution is -2.27. The summed E-state index contributed by atoms with van der Waals surface area (Å²) in [5, 5.41) is 5.69. The van der Waals surface area contributed by atoms with Crippen molar-refractivity contribution in [3.63, 3.8) is 0 Å². The quantitative estimate of drug-likeness (QED) is 0.155. The van der Waals surface area contributed by atoms with Crippen LogP contribution in [0.4, 0.5) is 0 Å². The van der Waals surface area contributed by atoms with Crippen LogP contribution in [0.1, 0.15) is 0 Å². The fourth-order valence-electron chi connectivity index (χ4n) is 2.52. The Morgan fingerprint density at radius 1 is 0.556 bits per heavy atom. The highest BCUT2D eigenvalue weighted by atomic mass is 32.2. The van der Waals surface area contributed by atoms with Crippen LogP contribution in [-0.2, 0) is 0 Å². The lowest BCUT2D eigenvalue weighted by atomic mass is 10.3. The maximum Gasteiger partial charge on any atom is 0.0265 e. The summed E-state index contributed by atoms with van der Waals surface area (Å²) in [6.07, 6.45) is 0. The first-order chi connectivity index (χ1) is 13.4. The van der Waals surface area contributed by atoms with E-state index in [1.807, 2.05) is 0 Å². The number of hydrogen-bond acceptors (Lipinski definition) is 9. The summed E-state index contributed by atoms with van der Waals surface area (Å²) in [4.78, 5) is 0. The molecule has 0 aliphatic carbocycles. The molecule has 4 rings (SSSR count). The van der Waals surface area contributed by atoms with E-state index in [0.29, 0.717) is 0 Å². The standard InChI is InChI=1S/C18H30S9/c1(19-3-13-6-23-13)2-22-17(11-20-4-14-7-24-14)18(27-10-16-9-26-16)12-21-5-15-8-25-15/h13-18H,1-12H2. The van der Waals surface area contributed by atoms with Crippen LogP contribution < -0.4 is 0 Å². The third kappa shape index (κ3) is 11.0. The molecule has 0 aromatic carbocycles. The Labute approximate surface area is 204 Å². The van der Waals surface area contributed by atoms with E-state index in [-0.39, 0.29) is 0 Å². The summed E-state index contributed by atoms with van der Waals surface area (Å²) < 4.78 is 0. The average molecular weight is 535 g/mol. The fraction of sp³-hybridized carbons (Fsp3) is 1.00. The summed E-state index contributed by atoms with van der Waals surface area (Å²) in [5.74, 6) is 16.8. The molecule has 0 radical (unpaired) electrons. The van der Waals surface area contributed by atoms with E-state index in [0.717, 1.165) is 31.5 Å². The zero-order chi connectivity index (χ0) is 18.3. The molecule has 4 fully saturated rings. The van der Waals surface area contributed by atoms with Gasteiger partial charge in [-0.2, -0.15) is 106 Å². The first-order valence-electron chi connectivity index (χ1n) is 9.79. The molecule has 156 valence electrons. The maximum atomic E-state index is 2.33. The monoisotopic (exact) mass is 534 g/mol. The molecule has 4 saturated heterocycles. The summed E-state index contributed by atoms with van der Waals surface area (Å²) >= 11 is 20.0. The second-order valence-electron chi connectivity index (χ2n) is 7.25. The van der Waals surface area contributed by atoms with Gasteiger partial charge in [-0.05, 0) is 0 Å². The molecule has 0 aromatic heterocycles. The van der Waals surface area contributed by atoms with Crippen molar-refractivity contribution in [2.75, 3.05) is 69.0 Å². The minimum absolute atomic E-state index is 0.864. The molecule has 9 heteroatoms. The third-order valence-corrected chi connectivity index (χ3v) is 16.6. The van der Waals surface area contributed by atoms with Gasteiger partial charge in [-0.15, -0.1) is 0 Å². The van der Waals surface area contributed by atoms with Crippen LogP contribution in [0.25, 0.3) is 0 Å². The summed E-state index contributed by atoms with van der Waals surface area (Å²) in [7, 11) is 0. The Kier molecular flexibility index (Phi) is 11.2. The largest absolute Gasteiger partial charge is 0.160 e. The van der Waals surface area contributed by atoms with Crippen molar-refractivity contribution in [2.45, 2.75) is 31.5 Å². The van der Waals surface area contributed by atoms with Crippen molar-refractivity contribution in [1.82, 2.24) is 0 Å². The van der Waals surface area contributed by atoms with E-state index in [4.69, 9.17) is 0 Å². The molecule has 0 nitrogen and oxygen atoms in total. The zero-order valence-corrected chi connectivity index (χ0v) is 23.0. The van der Waals surface area contributed by atoms with Gasteiger partial charge in [-0.3, -0.25) is 0 Å². The van der Waals surface area contributed by atoms with Crippen LogP contribution in [0.2, 0.25) is 0 Å². The molecule has 4 aliphatic rings. The topological polar surface area (TPSA) is 0 Å². The van der Waals surface area contributed by atoms with Gasteiger partial charge in [0.15, 0.2) is 0 Å². The Balaban J connectivity index is 1.20. The van der Waals surface area contributed by atoms with Gasteiger partial charge in [0, 0.05) is 101 Å². The smallest absolute Gasteiger partial charge is 0.0265 e. The summed E-state index contributed by atoms with van der Waals surface area (Å²) in [6, 6.07) is 0. The van der Waals surface area contributed by atoms with E-state index < -0.39 is 0 Å². The van der Waals surface area contributed by atoms with Crippen molar-refractivity contribution in [3.05, 3.63) is 0 Å². The highest BCUT2D eigenvalue weighted by Gasteiger charge is 2.30. The molecule has 0 N–H and O–H groups in total.